The first-order chi connectivity index (χ1) is 7.95. The first-order valence-corrected chi connectivity index (χ1v) is 6.14. The third-order valence-electron chi connectivity index (χ3n) is 2.01. The minimum absolute atomic E-state index is 0.194. The molecule has 0 bridgehead atoms. The summed E-state index contributed by atoms with van der Waals surface area (Å²) in [5.74, 6) is -0.362. The van der Waals surface area contributed by atoms with Gasteiger partial charge in [0.25, 0.3) is 5.91 Å². The molecule has 0 radical (unpaired) electrons. The number of thioether (sulfide) groups is 1. The van der Waals surface area contributed by atoms with E-state index in [4.69, 9.17) is 5.73 Å². The Hall–Kier alpha value is -1.63. The van der Waals surface area contributed by atoms with Crippen LogP contribution in [0.4, 0.5) is 0 Å². The van der Waals surface area contributed by atoms with E-state index in [0.717, 1.165) is 0 Å². The van der Waals surface area contributed by atoms with Crippen molar-refractivity contribution < 1.29 is 9.59 Å². The van der Waals surface area contributed by atoms with Gasteiger partial charge in [-0.15, -0.1) is 11.8 Å². The molecular formula is C10H14N4O2S. The number of carbonyl (C=O) groups excluding carboxylic acids is 2. The number of carbonyl (C=O) groups is 2. The van der Waals surface area contributed by atoms with Crippen LogP contribution in [0.5, 0.6) is 0 Å². The molecule has 6 nitrogen and oxygen atoms in total. The molecule has 0 aliphatic heterocycles. The van der Waals surface area contributed by atoms with E-state index in [2.05, 4.69) is 15.3 Å². The Labute approximate surface area is 103 Å². The standard InChI is InChI=1S/C10H14N4O2S/c1-5-8(9(16)12-4-7(11)15)10(17-3)14-6(2)13-5/h4H2,1-3H3,(H2,11,15)(H,12,16). The van der Waals surface area contributed by atoms with Crippen molar-refractivity contribution >= 4 is 23.6 Å². The molecule has 92 valence electrons. The largest absolute Gasteiger partial charge is 0.368 e. The Morgan fingerprint density at radius 2 is 2.00 bits per heavy atom. The van der Waals surface area contributed by atoms with E-state index in [1.54, 1.807) is 13.8 Å². The summed E-state index contributed by atoms with van der Waals surface area (Å²) in [4.78, 5) is 30.8. The van der Waals surface area contributed by atoms with Crippen LogP contribution < -0.4 is 11.1 Å². The number of amides is 2. The van der Waals surface area contributed by atoms with Gasteiger partial charge >= 0.3 is 0 Å². The number of primary amides is 1. The van der Waals surface area contributed by atoms with E-state index in [9.17, 15) is 9.59 Å². The number of rotatable bonds is 4. The maximum absolute atomic E-state index is 11.8. The van der Waals surface area contributed by atoms with E-state index in [0.29, 0.717) is 22.1 Å². The Morgan fingerprint density at radius 3 is 2.53 bits per heavy atom. The number of nitrogens with two attached hydrogens (primary N) is 1. The molecule has 7 heteroatoms. The normalized spacial score (nSPS) is 10.1. The number of hydrogen-bond donors (Lipinski definition) is 2. The van der Waals surface area contributed by atoms with Crippen LogP contribution in [0.3, 0.4) is 0 Å². The van der Waals surface area contributed by atoms with E-state index >= 15 is 0 Å². The van der Waals surface area contributed by atoms with E-state index < -0.39 is 5.91 Å². The van der Waals surface area contributed by atoms with Gasteiger partial charge in [-0.3, -0.25) is 9.59 Å². The van der Waals surface area contributed by atoms with Crippen molar-refractivity contribution in [3.8, 4) is 0 Å². The topological polar surface area (TPSA) is 98.0 Å². The molecule has 17 heavy (non-hydrogen) atoms. The van der Waals surface area contributed by atoms with Gasteiger partial charge in [0.15, 0.2) is 0 Å². The third kappa shape index (κ3) is 3.42. The van der Waals surface area contributed by atoms with Crippen LogP contribution in [0.25, 0.3) is 0 Å². The highest BCUT2D eigenvalue weighted by atomic mass is 32.2. The lowest BCUT2D eigenvalue weighted by molar-refractivity contribution is -0.117. The molecule has 0 aromatic carbocycles. The van der Waals surface area contributed by atoms with Crippen LogP contribution in [0.15, 0.2) is 5.03 Å². The second kappa shape index (κ2) is 5.62. The van der Waals surface area contributed by atoms with Crippen molar-refractivity contribution in [1.82, 2.24) is 15.3 Å². The van der Waals surface area contributed by atoms with Crippen LogP contribution in [0, 0.1) is 13.8 Å². The zero-order chi connectivity index (χ0) is 13.0. The van der Waals surface area contributed by atoms with Crippen molar-refractivity contribution in [3.05, 3.63) is 17.1 Å². The van der Waals surface area contributed by atoms with Gasteiger partial charge in [-0.05, 0) is 20.1 Å². The minimum atomic E-state index is -0.588. The van der Waals surface area contributed by atoms with Crippen LogP contribution in [0.1, 0.15) is 21.9 Å². The van der Waals surface area contributed by atoms with Crippen molar-refractivity contribution in [2.45, 2.75) is 18.9 Å². The molecule has 0 aliphatic carbocycles. The number of aryl methyl sites for hydroxylation is 2. The highest BCUT2D eigenvalue weighted by Crippen LogP contribution is 2.20. The summed E-state index contributed by atoms with van der Waals surface area (Å²) in [6.45, 7) is 3.30. The molecule has 1 heterocycles. The van der Waals surface area contributed by atoms with Crippen molar-refractivity contribution in [1.29, 1.82) is 0 Å². The lowest BCUT2D eigenvalue weighted by Gasteiger charge is -2.10. The number of nitrogens with zero attached hydrogens (tertiary/aromatic N) is 2. The number of hydrogen-bond acceptors (Lipinski definition) is 5. The first-order valence-electron chi connectivity index (χ1n) is 4.91. The third-order valence-corrected chi connectivity index (χ3v) is 2.69. The zero-order valence-corrected chi connectivity index (χ0v) is 10.7. The molecule has 0 saturated carbocycles. The summed E-state index contributed by atoms with van der Waals surface area (Å²) >= 11 is 1.36. The smallest absolute Gasteiger partial charge is 0.256 e. The average molecular weight is 254 g/mol. The minimum Gasteiger partial charge on any atom is -0.368 e. The van der Waals surface area contributed by atoms with Crippen LogP contribution >= 0.6 is 11.8 Å². The molecule has 3 N–H and O–H groups in total. The molecular weight excluding hydrogens is 240 g/mol. The Morgan fingerprint density at radius 1 is 1.35 bits per heavy atom. The molecule has 0 unspecified atom stereocenters. The summed E-state index contributed by atoms with van der Waals surface area (Å²) in [7, 11) is 0. The molecule has 1 rings (SSSR count). The Bertz CT molecular complexity index is 462. The van der Waals surface area contributed by atoms with Crippen molar-refractivity contribution in [2.24, 2.45) is 5.73 Å². The maximum atomic E-state index is 11.8. The van der Waals surface area contributed by atoms with Gasteiger partial charge in [0, 0.05) is 0 Å². The summed E-state index contributed by atoms with van der Waals surface area (Å²) in [6.07, 6.45) is 1.83. The van der Waals surface area contributed by atoms with Gasteiger partial charge in [0.05, 0.1) is 17.8 Å². The molecule has 0 fully saturated rings. The fourth-order valence-corrected chi connectivity index (χ4v) is 2.01. The van der Waals surface area contributed by atoms with Crippen LogP contribution in [0.2, 0.25) is 0 Å². The predicted molar refractivity (Wildman–Crippen MR) is 64.8 cm³/mol. The molecule has 1 aromatic heterocycles. The van der Waals surface area contributed by atoms with E-state index in [1.165, 1.54) is 11.8 Å². The summed E-state index contributed by atoms with van der Waals surface area (Å²) < 4.78 is 0. The molecule has 0 aliphatic rings. The lowest BCUT2D eigenvalue weighted by Crippen LogP contribution is -2.34. The average Bonchev–Trinajstić information content (AvgIpc) is 2.24. The Balaban J connectivity index is 3.03. The Kier molecular flexibility index (Phi) is 4.45. The highest BCUT2D eigenvalue weighted by molar-refractivity contribution is 7.98. The van der Waals surface area contributed by atoms with Gasteiger partial charge < -0.3 is 11.1 Å². The summed E-state index contributed by atoms with van der Waals surface area (Å²) in [6, 6.07) is 0. The van der Waals surface area contributed by atoms with E-state index in [-0.39, 0.29) is 12.5 Å². The SMILES string of the molecule is CSc1nc(C)nc(C)c1C(=O)NCC(N)=O. The van der Waals surface area contributed by atoms with Crippen molar-refractivity contribution in [3.63, 3.8) is 0 Å². The first kappa shape index (κ1) is 13.4. The van der Waals surface area contributed by atoms with Gasteiger partial charge in [0.1, 0.15) is 10.9 Å². The monoisotopic (exact) mass is 254 g/mol. The molecule has 0 spiro atoms. The highest BCUT2D eigenvalue weighted by Gasteiger charge is 2.17. The fraction of sp³-hybridized carbons (Fsp3) is 0.400. The molecule has 0 saturated heterocycles. The van der Waals surface area contributed by atoms with Gasteiger partial charge in [0.2, 0.25) is 5.91 Å². The van der Waals surface area contributed by atoms with Crippen LogP contribution in [-0.4, -0.2) is 34.6 Å². The van der Waals surface area contributed by atoms with Crippen LogP contribution in [-0.2, 0) is 4.79 Å². The van der Waals surface area contributed by atoms with Crippen molar-refractivity contribution in [2.75, 3.05) is 12.8 Å². The second-order valence-electron chi connectivity index (χ2n) is 3.39. The lowest BCUT2D eigenvalue weighted by atomic mass is 10.2. The quantitative estimate of drug-likeness (QED) is 0.583. The van der Waals surface area contributed by atoms with E-state index in [1.807, 2.05) is 6.26 Å². The number of nitrogens with one attached hydrogen (secondary N) is 1. The van der Waals surface area contributed by atoms with Gasteiger partial charge in [-0.25, -0.2) is 9.97 Å². The van der Waals surface area contributed by atoms with Gasteiger partial charge in [-0.1, -0.05) is 0 Å². The number of aromatic nitrogens is 2. The maximum Gasteiger partial charge on any atom is 0.256 e. The second-order valence-corrected chi connectivity index (χ2v) is 4.18. The summed E-state index contributed by atoms with van der Waals surface area (Å²) in [5.41, 5.74) is 5.94. The molecule has 1 aromatic rings. The predicted octanol–water partition coefficient (Wildman–Crippen LogP) is 0.0304. The molecule has 2 amide bonds. The zero-order valence-electron chi connectivity index (χ0n) is 9.90. The summed E-state index contributed by atoms with van der Waals surface area (Å²) in [5, 5.41) is 3.02. The molecule has 0 atom stereocenters. The van der Waals surface area contributed by atoms with Gasteiger partial charge in [-0.2, -0.15) is 0 Å². The fourth-order valence-electron chi connectivity index (χ4n) is 1.35.